The zero-order chi connectivity index (χ0) is 11.8. The van der Waals surface area contributed by atoms with E-state index < -0.39 is 0 Å². The lowest BCUT2D eigenvalue weighted by Gasteiger charge is -1.99. The molecule has 0 fully saturated rings. The maximum absolute atomic E-state index is 11.3. The molecule has 0 bridgehead atoms. The van der Waals surface area contributed by atoms with E-state index in [4.69, 9.17) is 0 Å². The first-order chi connectivity index (χ1) is 8.31. The second kappa shape index (κ2) is 3.86. The highest BCUT2D eigenvalue weighted by Gasteiger charge is 2.12. The number of hydrogen-bond acceptors (Lipinski definition) is 2. The highest BCUT2D eigenvalue weighted by atomic mass is 32.1. The number of aldehydes is 1. The van der Waals surface area contributed by atoms with Gasteiger partial charge in [0.05, 0.1) is 5.69 Å². The third-order valence-electron chi connectivity index (χ3n) is 2.96. The first kappa shape index (κ1) is 10.3. The highest BCUT2D eigenvalue weighted by Crippen LogP contribution is 2.31. The number of aromatic nitrogens is 1. The van der Waals surface area contributed by atoms with Crippen LogP contribution >= 0.6 is 11.3 Å². The number of carbonyl (C=O) groups is 1. The van der Waals surface area contributed by atoms with Crippen LogP contribution in [-0.4, -0.2) is 10.7 Å². The normalized spacial score (nSPS) is 10.9. The average Bonchev–Trinajstić information content (AvgIpc) is 2.95. The zero-order valence-electron chi connectivity index (χ0n) is 9.38. The Hall–Kier alpha value is -1.87. The van der Waals surface area contributed by atoms with Crippen LogP contribution in [-0.2, 0) is 0 Å². The summed E-state index contributed by atoms with van der Waals surface area (Å²) in [4.78, 5) is 12.4. The van der Waals surface area contributed by atoms with Gasteiger partial charge in [-0.05, 0) is 36.1 Å². The van der Waals surface area contributed by atoms with Gasteiger partial charge in [-0.15, -0.1) is 11.3 Å². The summed E-state index contributed by atoms with van der Waals surface area (Å²) in [5, 5.41) is 2.03. The molecule has 3 aromatic rings. The summed E-state index contributed by atoms with van der Waals surface area (Å²) in [6, 6.07) is 10.2. The maximum Gasteiger partial charge on any atom is 0.167 e. The number of rotatable bonds is 2. The van der Waals surface area contributed by atoms with Gasteiger partial charge in [-0.2, -0.15) is 0 Å². The SMILES string of the molecule is Cc1cccn2c(C=O)c(-c3cccs3)cc12. The Labute approximate surface area is 103 Å². The Kier molecular flexibility index (Phi) is 2.34. The van der Waals surface area contributed by atoms with E-state index in [1.807, 2.05) is 34.2 Å². The molecule has 0 aromatic carbocycles. The van der Waals surface area contributed by atoms with Gasteiger partial charge in [-0.1, -0.05) is 12.1 Å². The Morgan fingerprint density at radius 3 is 2.88 bits per heavy atom. The maximum atomic E-state index is 11.3. The molecule has 3 heterocycles. The van der Waals surface area contributed by atoms with E-state index in [9.17, 15) is 4.79 Å². The standard InChI is InChI=1S/C14H11NOS/c1-10-4-2-6-15-12(10)8-11(13(15)9-16)14-5-3-7-17-14/h2-9H,1H3. The Bertz CT molecular complexity index is 680. The molecular weight excluding hydrogens is 230 g/mol. The number of aryl methyl sites for hydroxylation is 1. The topological polar surface area (TPSA) is 21.5 Å². The van der Waals surface area contributed by atoms with Crippen molar-refractivity contribution in [1.82, 2.24) is 4.40 Å². The monoisotopic (exact) mass is 241 g/mol. The van der Waals surface area contributed by atoms with Crippen molar-refractivity contribution in [2.75, 3.05) is 0 Å². The van der Waals surface area contributed by atoms with Gasteiger partial charge in [0.25, 0.3) is 0 Å². The van der Waals surface area contributed by atoms with Gasteiger partial charge in [0.2, 0.25) is 0 Å². The number of thiophene rings is 1. The molecule has 0 N–H and O–H groups in total. The molecule has 0 amide bonds. The van der Waals surface area contributed by atoms with Crippen molar-refractivity contribution in [2.24, 2.45) is 0 Å². The minimum absolute atomic E-state index is 0.728. The van der Waals surface area contributed by atoms with Crippen LogP contribution < -0.4 is 0 Å². The fourth-order valence-electron chi connectivity index (χ4n) is 2.11. The molecule has 0 aliphatic rings. The van der Waals surface area contributed by atoms with E-state index in [1.165, 1.54) is 5.56 Å². The van der Waals surface area contributed by atoms with Crippen LogP contribution in [0.2, 0.25) is 0 Å². The minimum atomic E-state index is 0.728. The highest BCUT2D eigenvalue weighted by molar-refractivity contribution is 7.13. The van der Waals surface area contributed by atoms with Crippen LogP contribution in [0.3, 0.4) is 0 Å². The molecule has 0 radical (unpaired) electrons. The third kappa shape index (κ3) is 1.51. The van der Waals surface area contributed by atoms with E-state index in [0.717, 1.165) is 27.9 Å². The van der Waals surface area contributed by atoms with Crippen molar-refractivity contribution in [3.8, 4) is 10.4 Å². The van der Waals surface area contributed by atoms with Crippen LogP contribution in [0.5, 0.6) is 0 Å². The number of hydrogen-bond donors (Lipinski definition) is 0. The van der Waals surface area contributed by atoms with Gasteiger partial charge in [0, 0.05) is 22.2 Å². The van der Waals surface area contributed by atoms with E-state index in [-0.39, 0.29) is 0 Å². The van der Waals surface area contributed by atoms with Gasteiger partial charge in [0.1, 0.15) is 0 Å². The minimum Gasteiger partial charge on any atom is -0.313 e. The van der Waals surface area contributed by atoms with Gasteiger partial charge >= 0.3 is 0 Å². The number of pyridine rings is 1. The van der Waals surface area contributed by atoms with Crippen molar-refractivity contribution in [3.63, 3.8) is 0 Å². The number of fused-ring (bicyclic) bond motifs is 1. The second-order valence-corrected chi connectivity index (χ2v) is 4.93. The first-order valence-electron chi connectivity index (χ1n) is 5.41. The Balaban J connectivity index is 2.40. The largest absolute Gasteiger partial charge is 0.313 e. The second-order valence-electron chi connectivity index (χ2n) is 3.98. The smallest absolute Gasteiger partial charge is 0.167 e. The lowest BCUT2D eigenvalue weighted by atomic mass is 10.2. The molecule has 0 saturated carbocycles. The lowest BCUT2D eigenvalue weighted by Crippen LogP contribution is -1.92. The predicted molar refractivity (Wildman–Crippen MR) is 70.8 cm³/mol. The number of carbonyl (C=O) groups excluding carboxylic acids is 1. The molecule has 17 heavy (non-hydrogen) atoms. The molecule has 2 nitrogen and oxygen atoms in total. The van der Waals surface area contributed by atoms with Crippen molar-refractivity contribution in [2.45, 2.75) is 6.92 Å². The molecule has 3 rings (SSSR count). The molecule has 0 atom stereocenters. The number of nitrogens with zero attached hydrogens (tertiary/aromatic N) is 1. The average molecular weight is 241 g/mol. The zero-order valence-corrected chi connectivity index (χ0v) is 10.2. The fourth-order valence-corrected chi connectivity index (χ4v) is 2.86. The van der Waals surface area contributed by atoms with Gasteiger partial charge in [-0.3, -0.25) is 4.79 Å². The summed E-state index contributed by atoms with van der Waals surface area (Å²) in [6.45, 7) is 2.06. The molecule has 0 spiro atoms. The van der Waals surface area contributed by atoms with Crippen molar-refractivity contribution in [1.29, 1.82) is 0 Å². The lowest BCUT2D eigenvalue weighted by molar-refractivity contribution is 0.111. The summed E-state index contributed by atoms with van der Waals surface area (Å²) in [6.07, 6.45) is 2.87. The molecule has 3 heteroatoms. The van der Waals surface area contributed by atoms with E-state index in [0.29, 0.717) is 0 Å². The van der Waals surface area contributed by atoms with Crippen LogP contribution in [0.1, 0.15) is 16.1 Å². The third-order valence-corrected chi connectivity index (χ3v) is 3.86. The van der Waals surface area contributed by atoms with Crippen LogP contribution in [0.15, 0.2) is 41.9 Å². The quantitative estimate of drug-likeness (QED) is 0.625. The predicted octanol–water partition coefficient (Wildman–Crippen LogP) is 3.79. The Morgan fingerprint density at radius 1 is 1.29 bits per heavy atom. The molecular formula is C14H11NOS. The van der Waals surface area contributed by atoms with E-state index in [2.05, 4.69) is 19.1 Å². The molecule has 0 aliphatic heterocycles. The summed E-state index contributed by atoms with van der Waals surface area (Å²) >= 11 is 1.65. The van der Waals surface area contributed by atoms with Crippen molar-refractivity contribution < 1.29 is 4.79 Å². The first-order valence-corrected chi connectivity index (χ1v) is 6.29. The fraction of sp³-hybridized carbons (Fsp3) is 0.0714. The van der Waals surface area contributed by atoms with Crippen molar-refractivity contribution in [3.05, 3.63) is 53.2 Å². The van der Waals surface area contributed by atoms with E-state index >= 15 is 0 Å². The molecule has 0 aliphatic carbocycles. The molecule has 0 unspecified atom stereocenters. The summed E-state index contributed by atoms with van der Waals surface area (Å²) in [5.41, 5.74) is 4.02. The van der Waals surface area contributed by atoms with Crippen LogP contribution in [0, 0.1) is 6.92 Å². The molecule has 0 saturated heterocycles. The van der Waals surface area contributed by atoms with E-state index in [1.54, 1.807) is 11.3 Å². The van der Waals surface area contributed by atoms with Gasteiger partial charge in [0.15, 0.2) is 6.29 Å². The van der Waals surface area contributed by atoms with Crippen LogP contribution in [0.25, 0.3) is 16.0 Å². The molecule has 84 valence electrons. The van der Waals surface area contributed by atoms with Crippen molar-refractivity contribution >= 4 is 23.1 Å². The summed E-state index contributed by atoms with van der Waals surface area (Å²) in [7, 11) is 0. The molecule has 3 aromatic heterocycles. The Morgan fingerprint density at radius 2 is 2.18 bits per heavy atom. The summed E-state index contributed by atoms with van der Waals surface area (Å²) < 4.78 is 1.96. The summed E-state index contributed by atoms with van der Waals surface area (Å²) in [5.74, 6) is 0. The van der Waals surface area contributed by atoms with Gasteiger partial charge < -0.3 is 4.40 Å². The van der Waals surface area contributed by atoms with Crippen LogP contribution in [0.4, 0.5) is 0 Å². The van der Waals surface area contributed by atoms with Gasteiger partial charge in [-0.25, -0.2) is 0 Å².